The quantitative estimate of drug-likeness (QED) is 0.800. The average Bonchev–Trinajstić information content (AvgIpc) is 2.50. The average molecular weight is 275 g/mol. The third-order valence-electron chi connectivity index (χ3n) is 4.53. The van der Waals surface area contributed by atoms with Gasteiger partial charge in [-0.25, -0.2) is 0 Å². The van der Waals surface area contributed by atoms with Crippen molar-refractivity contribution >= 4 is 0 Å². The summed E-state index contributed by atoms with van der Waals surface area (Å²) in [5.41, 5.74) is 1.29. The molecule has 1 N–H and O–H groups in total. The highest BCUT2D eigenvalue weighted by atomic mass is 16.5. The standard InChI is InChI=1S/C18H29NO/c1-3-19-17(14-15-10-6-4-7-11-15)18(20-2)16-12-8-5-9-13-16/h5,8-9,12-13,15,17-19H,3-4,6-7,10-11,14H2,1-2H3. The Morgan fingerprint density at radius 3 is 2.45 bits per heavy atom. The van der Waals surface area contributed by atoms with Crippen molar-refractivity contribution in [2.45, 2.75) is 57.6 Å². The molecule has 0 radical (unpaired) electrons. The number of ether oxygens (including phenoxy) is 1. The van der Waals surface area contributed by atoms with Gasteiger partial charge in [0.2, 0.25) is 0 Å². The molecule has 2 nitrogen and oxygen atoms in total. The summed E-state index contributed by atoms with van der Waals surface area (Å²) in [4.78, 5) is 0. The molecule has 0 aromatic heterocycles. The Bertz CT molecular complexity index is 359. The first-order valence-electron chi connectivity index (χ1n) is 8.16. The van der Waals surface area contributed by atoms with Gasteiger partial charge in [0, 0.05) is 13.2 Å². The van der Waals surface area contributed by atoms with Crippen LogP contribution in [-0.4, -0.2) is 19.7 Å². The molecule has 0 saturated heterocycles. The fraction of sp³-hybridized carbons (Fsp3) is 0.667. The lowest BCUT2D eigenvalue weighted by Crippen LogP contribution is -2.37. The van der Waals surface area contributed by atoms with E-state index < -0.39 is 0 Å². The van der Waals surface area contributed by atoms with Gasteiger partial charge in [-0.2, -0.15) is 0 Å². The van der Waals surface area contributed by atoms with Gasteiger partial charge in [0.15, 0.2) is 0 Å². The molecule has 0 amide bonds. The van der Waals surface area contributed by atoms with Crippen LogP contribution in [0.15, 0.2) is 30.3 Å². The molecule has 0 aliphatic heterocycles. The predicted molar refractivity (Wildman–Crippen MR) is 84.8 cm³/mol. The molecule has 1 aliphatic rings. The van der Waals surface area contributed by atoms with Gasteiger partial charge in [0.05, 0.1) is 6.10 Å². The van der Waals surface area contributed by atoms with Gasteiger partial charge in [-0.3, -0.25) is 0 Å². The molecule has 2 heteroatoms. The summed E-state index contributed by atoms with van der Waals surface area (Å²) in [6.45, 7) is 3.19. The van der Waals surface area contributed by atoms with Crippen molar-refractivity contribution in [3.63, 3.8) is 0 Å². The molecule has 1 fully saturated rings. The molecule has 2 atom stereocenters. The highest BCUT2D eigenvalue weighted by Gasteiger charge is 2.26. The molecule has 1 aliphatic carbocycles. The SMILES string of the molecule is CCNC(CC1CCCCC1)C(OC)c1ccccc1. The number of nitrogens with one attached hydrogen (secondary N) is 1. The second-order valence-electron chi connectivity index (χ2n) is 5.97. The number of hydrogen-bond donors (Lipinski definition) is 1. The fourth-order valence-electron chi connectivity index (χ4n) is 3.53. The van der Waals surface area contributed by atoms with Crippen LogP contribution in [0.4, 0.5) is 0 Å². The lowest BCUT2D eigenvalue weighted by molar-refractivity contribution is 0.0569. The normalized spacial score (nSPS) is 19.7. The van der Waals surface area contributed by atoms with E-state index in [1.165, 1.54) is 44.1 Å². The molecule has 1 aromatic carbocycles. The number of likely N-dealkylation sites (N-methyl/N-ethyl adjacent to an activating group) is 1. The molecule has 20 heavy (non-hydrogen) atoms. The summed E-state index contributed by atoms with van der Waals surface area (Å²) in [6, 6.07) is 11.1. The van der Waals surface area contributed by atoms with E-state index in [4.69, 9.17) is 4.74 Å². The van der Waals surface area contributed by atoms with Crippen molar-refractivity contribution in [3.8, 4) is 0 Å². The molecular weight excluding hydrogens is 246 g/mol. The van der Waals surface area contributed by atoms with Crippen LogP contribution in [0.25, 0.3) is 0 Å². The maximum Gasteiger partial charge on any atom is 0.0974 e. The highest BCUT2D eigenvalue weighted by Crippen LogP contribution is 2.31. The van der Waals surface area contributed by atoms with E-state index in [-0.39, 0.29) is 6.10 Å². The predicted octanol–water partition coefficient (Wildman–Crippen LogP) is 4.32. The van der Waals surface area contributed by atoms with E-state index >= 15 is 0 Å². The zero-order chi connectivity index (χ0) is 14.2. The molecule has 0 spiro atoms. The summed E-state index contributed by atoms with van der Waals surface area (Å²) >= 11 is 0. The van der Waals surface area contributed by atoms with Crippen molar-refractivity contribution in [2.75, 3.05) is 13.7 Å². The molecule has 1 aromatic rings. The van der Waals surface area contributed by atoms with Crippen molar-refractivity contribution in [3.05, 3.63) is 35.9 Å². The zero-order valence-corrected chi connectivity index (χ0v) is 13.0. The number of hydrogen-bond acceptors (Lipinski definition) is 2. The monoisotopic (exact) mass is 275 g/mol. The van der Waals surface area contributed by atoms with E-state index in [1.807, 2.05) is 7.11 Å². The van der Waals surface area contributed by atoms with E-state index in [2.05, 4.69) is 42.6 Å². The first-order valence-corrected chi connectivity index (χ1v) is 8.16. The minimum atomic E-state index is 0.165. The Balaban J connectivity index is 2.04. The summed E-state index contributed by atoms with van der Waals surface area (Å²) in [5, 5.41) is 3.65. The smallest absolute Gasteiger partial charge is 0.0974 e. The number of methoxy groups -OCH3 is 1. The molecule has 0 heterocycles. The topological polar surface area (TPSA) is 21.3 Å². The van der Waals surface area contributed by atoms with Gasteiger partial charge in [0.25, 0.3) is 0 Å². The van der Waals surface area contributed by atoms with Crippen molar-refractivity contribution in [1.29, 1.82) is 0 Å². The summed E-state index contributed by atoms with van der Waals surface area (Å²) < 4.78 is 5.83. The number of rotatable bonds is 7. The minimum Gasteiger partial charge on any atom is -0.375 e. The van der Waals surface area contributed by atoms with E-state index in [0.29, 0.717) is 6.04 Å². The van der Waals surface area contributed by atoms with E-state index in [0.717, 1.165) is 12.5 Å². The first kappa shape index (κ1) is 15.5. The summed E-state index contributed by atoms with van der Waals surface area (Å²) in [7, 11) is 1.84. The van der Waals surface area contributed by atoms with Gasteiger partial charge in [0.1, 0.15) is 0 Å². The van der Waals surface area contributed by atoms with Crippen LogP contribution >= 0.6 is 0 Å². The molecular formula is C18H29NO. The molecule has 1 saturated carbocycles. The highest BCUT2D eigenvalue weighted by molar-refractivity contribution is 5.19. The van der Waals surface area contributed by atoms with E-state index in [1.54, 1.807) is 0 Å². The molecule has 2 unspecified atom stereocenters. The van der Waals surface area contributed by atoms with Crippen LogP contribution in [0.1, 0.15) is 57.1 Å². The summed E-state index contributed by atoms with van der Waals surface area (Å²) in [5.74, 6) is 0.870. The lowest BCUT2D eigenvalue weighted by atomic mass is 9.83. The van der Waals surface area contributed by atoms with Crippen molar-refractivity contribution in [2.24, 2.45) is 5.92 Å². The Morgan fingerprint density at radius 2 is 1.85 bits per heavy atom. The Kier molecular flexibility index (Phi) is 6.55. The second-order valence-corrected chi connectivity index (χ2v) is 5.97. The molecule has 112 valence electrons. The van der Waals surface area contributed by atoms with Crippen LogP contribution in [0.5, 0.6) is 0 Å². The maximum atomic E-state index is 5.83. The van der Waals surface area contributed by atoms with Gasteiger partial charge in [-0.05, 0) is 24.4 Å². The van der Waals surface area contributed by atoms with Gasteiger partial charge >= 0.3 is 0 Å². The zero-order valence-electron chi connectivity index (χ0n) is 13.0. The Labute approximate surface area is 123 Å². The van der Waals surface area contributed by atoms with Gasteiger partial charge in [-0.1, -0.05) is 69.4 Å². The third kappa shape index (κ3) is 4.32. The van der Waals surface area contributed by atoms with Crippen LogP contribution in [0.3, 0.4) is 0 Å². The molecule has 0 bridgehead atoms. The largest absolute Gasteiger partial charge is 0.375 e. The van der Waals surface area contributed by atoms with Crippen LogP contribution in [0, 0.1) is 5.92 Å². The summed E-state index contributed by atoms with van der Waals surface area (Å²) in [6.07, 6.45) is 8.44. The van der Waals surface area contributed by atoms with Gasteiger partial charge < -0.3 is 10.1 Å². The molecule has 2 rings (SSSR count). The third-order valence-corrected chi connectivity index (χ3v) is 4.53. The Morgan fingerprint density at radius 1 is 1.15 bits per heavy atom. The maximum absolute atomic E-state index is 5.83. The first-order chi connectivity index (χ1) is 9.85. The van der Waals surface area contributed by atoms with Crippen molar-refractivity contribution in [1.82, 2.24) is 5.32 Å². The number of benzene rings is 1. The lowest BCUT2D eigenvalue weighted by Gasteiger charge is -2.32. The van der Waals surface area contributed by atoms with Crippen LogP contribution in [0.2, 0.25) is 0 Å². The van der Waals surface area contributed by atoms with Gasteiger partial charge in [-0.15, -0.1) is 0 Å². The van der Waals surface area contributed by atoms with E-state index in [9.17, 15) is 0 Å². The Hall–Kier alpha value is -0.860. The minimum absolute atomic E-state index is 0.165. The van der Waals surface area contributed by atoms with Crippen LogP contribution < -0.4 is 5.32 Å². The second kappa shape index (κ2) is 8.43. The van der Waals surface area contributed by atoms with Crippen LogP contribution in [-0.2, 0) is 4.74 Å². The fourth-order valence-corrected chi connectivity index (χ4v) is 3.53. The van der Waals surface area contributed by atoms with Crippen molar-refractivity contribution < 1.29 is 4.74 Å².